The van der Waals surface area contributed by atoms with Crippen molar-refractivity contribution in [2.24, 2.45) is 5.92 Å². The molecule has 22 heavy (non-hydrogen) atoms. The molecule has 1 aliphatic rings. The number of hydrogen-bond acceptors (Lipinski definition) is 2. The molecule has 116 valence electrons. The number of aryl methyl sites for hydroxylation is 1. The van der Waals surface area contributed by atoms with Crippen LogP contribution in [0.25, 0.3) is 10.9 Å². The van der Waals surface area contributed by atoms with Gasteiger partial charge in [-0.1, -0.05) is 18.2 Å². The van der Waals surface area contributed by atoms with E-state index in [2.05, 4.69) is 16.0 Å². The molecule has 0 aliphatic heterocycles. The molecule has 1 aliphatic carbocycles. The van der Waals surface area contributed by atoms with Crippen molar-refractivity contribution >= 4 is 22.8 Å². The molecule has 0 bridgehead atoms. The Morgan fingerprint density at radius 3 is 2.82 bits per heavy atom. The molecule has 5 nitrogen and oxygen atoms in total. The average molecular weight is 300 g/mol. The van der Waals surface area contributed by atoms with E-state index in [-0.39, 0.29) is 17.9 Å². The number of benzene rings is 1. The maximum atomic E-state index is 12.0. The van der Waals surface area contributed by atoms with Crippen molar-refractivity contribution in [1.82, 2.24) is 9.88 Å². The quantitative estimate of drug-likeness (QED) is 0.890. The van der Waals surface area contributed by atoms with Crippen molar-refractivity contribution in [3.8, 4) is 0 Å². The molecule has 1 aromatic carbocycles. The topological polar surface area (TPSA) is 71.3 Å². The zero-order valence-electron chi connectivity index (χ0n) is 12.4. The summed E-state index contributed by atoms with van der Waals surface area (Å²) in [5.74, 6) is -1.07. The maximum absolute atomic E-state index is 12.0. The number of hydrogen-bond donors (Lipinski definition) is 2. The Bertz CT molecular complexity index is 692. The van der Waals surface area contributed by atoms with Crippen molar-refractivity contribution in [2.75, 3.05) is 0 Å². The first-order chi connectivity index (χ1) is 10.6. The fourth-order valence-corrected chi connectivity index (χ4v) is 3.19. The number of carbonyl (C=O) groups excluding carboxylic acids is 1. The van der Waals surface area contributed by atoms with Gasteiger partial charge in [0.15, 0.2) is 0 Å². The summed E-state index contributed by atoms with van der Waals surface area (Å²) in [7, 11) is 0. The van der Waals surface area contributed by atoms with Crippen LogP contribution in [-0.2, 0) is 16.1 Å². The number of carboxylic acid groups (broad SMARTS) is 1. The Balaban J connectivity index is 1.52. The van der Waals surface area contributed by atoms with Gasteiger partial charge < -0.3 is 15.0 Å². The van der Waals surface area contributed by atoms with Crippen molar-refractivity contribution < 1.29 is 14.7 Å². The van der Waals surface area contributed by atoms with E-state index >= 15 is 0 Å². The van der Waals surface area contributed by atoms with E-state index in [4.69, 9.17) is 5.11 Å². The molecule has 1 heterocycles. The zero-order valence-corrected chi connectivity index (χ0v) is 12.4. The Hall–Kier alpha value is -2.30. The Labute approximate surface area is 128 Å². The molecule has 2 aromatic rings. The fourth-order valence-electron chi connectivity index (χ4n) is 3.19. The second kappa shape index (κ2) is 6.22. The molecule has 2 N–H and O–H groups in total. The number of fused-ring (bicyclic) bond motifs is 1. The van der Waals surface area contributed by atoms with E-state index in [9.17, 15) is 9.59 Å². The van der Waals surface area contributed by atoms with Crippen molar-refractivity contribution in [1.29, 1.82) is 0 Å². The predicted octanol–water partition coefficient (Wildman–Crippen LogP) is 2.40. The Morgan fingerprint density at radius 2 is 2.05 bits per heavy atom. The lowest BCUT2D eigenvalue weighted by Crippen LogP contribution is -2.33. The SMILES string of the molecule is O=C(CCn1ccc2ccccc21)N[C@H]1CC[C@H](C(=O)O)C1. The molecule has 1 saturated carbocycles. The standard InChI is InChI=1S/C17H20N2O3/c20-16(18-14-6-5-13(11-14)17(21)22)8-10-19-9-7-12-3-1-2-4-15(12)19/h1-4,7,9,13-14H,5-6,8,10-11H2,(H,18,20)(H,21,22)/t13-,14-/m0/s1. The van der Waals surface area contributed by atoms with E-state index in [1.807, 2.05) is 30.5 Å². The molecule has 1 aromatic heterocycles. The summed E-state index contributed by atoms with van der Waals surface area (Å²) in [4.78, 5) is 23.0. The molecule has 0 spiro atoms. The third-order valence-corrected chi connectivity index (χ3v) is 4.41. The van der Waals surface area contributed by atoms with Gasteiger partial charge in [-0.25, -0.2) is 0 Å². The fraction of sp³-hybridized carbons (Fsp3) is 0.412. The van der Waals surface area contributed by atoms with Crippen molar-refractivity contribution in [3.63, 3.8) is 0 Å². The number of para-hydroxylation sites is 1. The summed E-state index contributed by atoms with van der Waals surface area (Å²) in [6.07, 6.45) is 4.37. The van der Waals surface area contributed by atoms with Gasteiger partial charge in [0, 0.05) is 30.7 Å². The third kappa shape index (κ3) is 3.13. The molecular formula is C17H20N2O3. The summed E-state index contributed by atoms with van der Waals surface area (Å²) in [6, 6.07) is 10.1. The van der Waals surface area contributed by atoms with Crippen LogP contribution in [-0.4, -0.2) is 27.6 Å². The minimum Gasteiger partial charge on any atom is -0.481 e. The molecule has 1 amide bonds. The van der Waals surface area contributed by atoms with Crippen LogP contribution in [0.1, 0.15) is 25.7 Å². The van der Waals surface area contributed by atoms with Crippen LogP contribution < -0.4 is 5.32 Å². The molecule has 3 rings (SSSR count). The van der Waals surface area contributed by atoms with Gasteiger partial charge >= 0.3 is 5.97 Å². The minimum absolute atomic E-state index is 0.00572. The number of aromatic nitrogens is 1. The van der Waals surface area contributed by atoms with E-state index in [0.717, 1.165) is 11.9 Å². The summed E-state index contributed by atoms with van der Waals surface area (Å²) in [6.45, 7) is 0.633. The highest BCUT2D eigenvalue weighted by molar-refractivity contribution is 5.80. The predicted molar refractivity (Wildman–Crippen MR) is 83.5 cm³/mol. The Morgan fingerprint density at radius 1 is 1.23 bits per heavy atom. The smallest absolute Gasteiger partial charge is 0.306 e. The molecule has 5 heteroatoms. The van der Waals surface area contributed by atoms with Gasteiger partial charge in [-0.15, -0.1) is 0 Å². The van der Waals surface area contributed by atoms with Crippen LogP contribution in [0.15, 0.2) is 36.5 Å². The number of carbonyl (C=O) groups is 2. The first kappa shape index (κ1) is 14.6. The van der Waals surface area contributed by atoms with Gasteiger partial charge in [-0.05, 0) is 36.8 Å². The highest BCUT2D eigenvalue weighted by atomic mass is 16.4. The maximum Gasteiger partial charge on any atom is 0.306 e. The van der Waals surface area contributed by atoms with Crippen LogP contribution in [0, 0.1) is 5.92 Å². The van der Waals surface area contributed by atoms with Gasteiger partial charge in [-0.2, -0.15) is 0 Å². The van der Waals surface area contributed by atoms with Crippen LogP contribution in [0.2, 0.25) is 0 Å². The monoisotopic (exact) mass is 300 g/mol. The van der Waals surface area contributed by atoms with Crippen LogP contribution in [0.3, 0.4) is 0 Å². The first-order valence-corrected chi connectivity index (χ1v) is 7.69. The molecule has 0 saturated heterocycles. The van der Waals surface area contributed by atoms with Crippen LogP contribution >= 0.6 is 0 Å². The number of nitrogens with one attached hydrogen (secondary N) is 1. The lowest BCUT2D eigenvalue weighted by Gasteiger charge is -2.13. The normalized spacial score (nSPS) is 21.1. The number of carboxylic acids is 1. The van der Waals surface area contributed by atoms with Gasteiger partial charge in [-0.3, -0.25) is 9.59 Å². The van der Waals surface area contributed by atoms with Crippen LogP contribution in [0.4, 0.5) is 0 Å². The summed E-state index contributed by atoms with van der Waals surface area (Å²) < 4.78 is 2.07. The van der Waals surface area contributed by atoms with Crippen molar-refractivity contribution in [3.05, 3.63) is 36.5 Å². The molecule has 1 fully saturated rings. The molecule has 0 radical (unpaired) electrons. The van der Waals surface area contributed by atoms with Gasteiger partial charge in [0.05, 0.1) is 5.92 Å². The zero-order chi connectivity index (χ0) is 15.5. The second-order valence-corrected chi connectivity index (χ2v) is 5.93. The lowest BCUT2D eigenvalue weighted by atomic mass is 10.1. The number of amides is 1. The largest absolute Gasteiger partial charge is 0.481 e. The summed E-state index contributed by atoms with van der Waals surface area (Å²) in [5, 5.41) is 13.1. The highest BCUT2D eigenvalue weighted by Gasteiger charge is 2.30. The number of rotatable bonds is 5. The Kier molecular flexibility index (Phi) is 4.13. The summed E-state index contributed by atoms with van der Waals surface area (Å²) in [5.41, 5.74) is 1.13. The molecule has 0 unspecified atom stereocenters. The molecular weight excluding hydrogens is 280 g/mol. The number of aliphatic carboxylic acids is 1. The summed E-state index contributed by atoms with van der Waals surface area (Å²) >= 11 is 0. The minimum atomic E-state index is -0.754. The highest BCUT2D eigenvalue weighted by Crippen LogP contribution is 2.25. The van der Waals surface area contributed by atoms with Crippen LogP contribution in [0.5, 0.6) is 0 Å². The molecule has 2 atom stereocenters. The van der Waals surface area contributed by atoms with E-state index in [1.54, 1.807) is 0 Å². The van der Waals surface area contributed by atoms with Gasteiger partial charge in [0.25, 0.3) is 0 Å². The first-order valence-electron chi connectivity index (χ1n) is 7.69. The second-order valence-electron chi connectivity index (χ2n) is 5.93. The van der Waals surface area contributed by atoms with E-state index in [1.165, 1.54) is 5.39 Å². The average Bonchev–Trinajstić information content (AvgIpc) is 3.12. The van der Waals surface area contributed by atoms with E-state index in [0.29, 0.717) is 25.8 Å². The van der Waals surface area contributed by atoms with Gasteiger partial charge in [0.2, 0.25) is 5.91 Å². The van der Waals surface area contributed by atoms with E-state index < -0.39 is 5.97 Å². The number of nitrogens with zero attached hydrogens (tertiary/aromatic N) is 1. The van der Waals surface area contributed by atoms with Crippen molar-refractivity contribution in [2.45, 2.75) is 38.3 Å². The third-order valence-electron chi connectivity index (χ3n) is 4.41. The lowest BCUT2D eigenvalue weighted by molar-refractivity contribution is -0.141. The van der Waals surface area contributed by atoms with Gasteiger partial charge in [0.1, 0.15) is 0 Å².